The Hall–Kier alpha value is -2.24. The van der Waals surface area contributed by atoms with Gasteiger partial charge >= 0.3 is 0 Å². The van der Waals surface area contributed by atoms with Crippen LogP contribution < -0.4 is 15.0 Å². The lowest BCUT2D eigenvalue weighted by molar-refractivity contribution is -0.132. The molecule has 2 aliphatic rings. The number of methoxy groups -OCH3 is 1. The molecule has 0 unspecified atom stereocenters. The van der Waals surface area contributed by atoms with Gasteiger partial charge in [-0.15, -0.1) is 0 Å². The lowest BCUT2D eigenvalue weighted by Crippen LogP contribution is -2.48. The summed E-state index contributed by atoms with van der Waals surface area (Å²) in [5.74, 6) is 0.669. The Morgan fingerprint density at radius 1 is 1.27 bits per heavy atom. The summed E-state index contributed by atoms with van der Waals surface area (Å²) < 4.78 is 5.20. The number of nitrogens with zero attached hydrogens (tertiary/aromatic N) is 2. The Bertz CT molecular complexity index is 582. The van der Waals surface area contributed by atoms with Crippen LogP contribution in [0.1, 0.15) is 19.3 Å². The first-order chi connectivity index (χ1) is 10.7. The smallest absolute Gasteiger partial charge is 0.246 e. The molecule has 2 aliphatic heterocycles. The van der Waals surface area contributed by atoms with Crippen LogP contribution >= 0.6 is 0 Å². The van der Waals surface area contributed by atoms with Crippen LogP contribution in [-0.4, -0.2) is 50.0 Å². The van der Waals surface area contributed by atoms with Gasteiger partial charge in [0.25, 0.3) is 0 Å². The highest BCUT2D eigenvalue weighted by atomic mass is 16.5. The van der Waals surface area contributed by atoms with Gasteiger partial charge in [0.1, 0.15) is 12.3 Å². The number of likely N-dealkylation sites (tertiary alicyclic amines) is 1. The maximum Gasteiger partial charge on any atom is 0.246 e. The maximum absolute atomic E-state index is 12.4. The van der Waals surface area contributed by atoms with E-state index in [0.717, 1.165) is 43.1 Å². The molecule has 0 spiro atoms. The average Bonchev–Trinajstić information content (AvgIpc) is 2.57. The van der Waals surface area contributed by atoms with Crippen molar-refractivity contribution < 1.29 is 14.3 Å². The highest BCUT2D eigenvalue weighted by molar-refractivity contribution is 6.06. The highest BCUT2D eigenvalue weighted by Crippen LogP contribution is 2.32. The van der Waals surface area contributed by atoms with Crippen molar-refractivity contribution in [1.82, 2.24) is 4.90 Å². The van der Waals surface area contributed by atoms with Crippen LogP contribution in [-0.2, 0) is 9.59 Å². The fraction of sp³-hybridized carbons (Fsp3) is 0.500. The zero-order valence-electron chi connectivity index (χ0n) is 12.8. The van der Waals surface area contributed by atoms with E-state index >= 15 is 0 Å². The van der Waals surface area contributed by atoms with E-state index in [-0.39, 0.29) is 24.9 Å². The molecule has 2 amide bonds. The van der Waals surface area contributed by atoms with Gasteiger partial charge in [0.2, 0.25) is 11.8 Å². The number of hydrogen-bond acceptors (Lipinski definition) is 4. The SMILES string of the molecule is COc1ccc2c(c1)NCC(=O)N2CC(=O)N1CCCCC1. The van der Waals surface area contributed by atoms with E-state index in [2.05, 4.69) is 5.32 Å². The number of nitrogens with one attached hydrogen (secondary N) is 1. The third kappa shape index (κ3) is 2.86. The Balaban J connectivity index is 1.78. The molecule has 3 rings (SSSR count). The molecule has 0 radical (unpaired) electrons. The van der Waals surface area contributed by atoms with Crippen LogP contribution in [0.5, 0.6) is 5.75 Å². The second-order valence-corrected chi connectivity index (χ2v) is 5.66. The van der Waals surface area contributed by atoms with E-state index in [4.69, 9.17) is 4.74 Å². The zero-order chi connectivity index (χ0) is 15.5. The number of benzene rings is 1. The third-order valence-electron chi connectivity index (χ3n) is 4.23. The van der Waals surface area contributed by atoms with E-state index in [1.165, 1.54) is 6.42 Å². The molecule has 1 N–H and O–H groups in total. The van der Waals surface area contributed by atoms with E-state index < -0.39 is 0 Å². The number of fused-ring (bicyclic) bond motifs is 1. The summed E-state index contributed by atoms with van der Waals surface area (Å²) >= 11 is 0. The summed E-state index contributed by atoms with van der Waals surface area (Å²) in [6.07, 6.45) is 3.28. The lowest BCUT2D eigenvalue weighted by Gasteiger charge is -2.33. The van der Waals surface area contributed by atoms with E-state index in [0.29, 0.717) is 0 Å². The van der Waals surface area contributed by atoms with Crippen LogP contribution in [0.3, 0.4) is 0 Å². The van der Waals surface area contributed by atoms with E-state index in [9.17, 15) is 9.59 Å². The summed E-state index contributed by atoms with van der Waals surface area (Å²) in [6.45, 7) is 1.91. The third-order valence-corrected chi connectivity index (χ3v) is 4.23. The number of piperidine rings is 1. The number of anilines is 2. The van der Waals surface area contributed by atoms with Crippen LogP contribution in [0.2, 0.25) is 0 Å². The summed E-state index contributed by atoms with van der Waals surface area (Å²) in [6, 6.07) is 5.47. The first-order valence-corrected chi connectivity index (χ1v) is 7.69. The number of carbonyl (C=O) groups is 2. The molecular formula is C16H21N3O3. The predicted molar refractivity (Wildman–Crippen MR) is 84.3 cm³/mol. The van der Waals surface area contributed by atoms with Gasteiger partial charge in [0, 0.05) is 19.2 Å². The van der Waals surface area contributed by atoms with E-state index in [1.54, 1.807) is 18.1 Å². The summed E-state index contributed by atoms with van der Waals surface area (Å²) in [5.41, 5.74) is 1.56. The molecule has 0 aromatic heterocycles. The van der Waals surface area contributed by atoms with Crippen molar-refractivity contribution in [3.63, 3.8) is 0 Å². The summed E-state index contributed by atoms with van der Waals surface area (Å²) in [5, 5.41) is 3.07. The quantitative estimate of drug-likeness (QED) is 0.918. The molecule has 1 aromatic rings. The van der Waals surface area contributed by atoms with E-state index in [1.807, 2.05) is 17.0 Å². The van der Waals surface area contributed by atoms with Crippen molar-refractivity contribution >= 4 is 23.2 Å². The van der Waals surface area contributed by atoms with Gasteiger partial charge in [-0.25, -0.2) is 0 Å². The molecule has 2 heterocycles. The number of rotatable bonds is 3. The van der Waals surface area contributed by atoms with Crippen LogP contribution in [0.15, 0.2) is 18.2 Å². The summed E-state index contributed by atoms with van der Waals surface area (Å²) in [4.78, 5) is 28.1. The average molecular weight is 303 g/mol. The Morgan fingerprint density at radius 3 is 2.77 bits per heavy atom. The van der Waals surface area contributed by atoms with Crippen LogP contribution in [0.4, 0.5) is 11.4 Å². The lowest BCUT2D eigenvalue weighted by atomic mass is 10.1. The largest absolute Gasteiger partial charge is 0.497 e. The van der Waals surface area contributed by atoms with Gasteiger partial charge < -0.3 is 15.0 Å². The maximum atomic E-state index is 12.4. The molecule has 0 bridgehead atoms. The first-order valence-electron chi connectivity index (χ1n) is 7.69. The molecule has 1 aromatic carbocycles. The number of carbonyl (C=O) groups excluding carboxylic acids is 2. The van der Waals surface area contributed by atoms with Gasteiger partial charge in [0.05, 0.1) is 25.0 Å². The first kappa shape index (κ1) is 14.7. The van der Waals surface area contributed by atoms with Crippen molar-refractivity contribution in [1.29, 1.82) is 0 Å². The molecule has 0 aliphatic carbocycles. The second-order valence-electron chi connectivity index (χ2n) is 5.66. The summed E-state index contributed by atoms with van der Waals surface area (Å²) in [7, 11) is 1.60. The fourth-order valence-corrected chi connectivity index (χ4v) is 2.97. The molecule has 118 valence electrons. The molecular weight excluding hydrogens is 282 g/mol. The Labute approximate surface area is 130 Å². The monoisotopic (exact) mass is 303 g/mol. The Kier molecular flexibility index (Phi) is 4.18. The number of amides is 2. The number of ether oxygens (including phenoxy) is 1. The van der Waals surface area contributed by atoms with Gasteiger partial charge in [0.15, 0.2) is 0 Å². The predicted octanol–water partition coefficient (Wildman–Crippen LogP) is 1.47. The fourth-order valence-electron chi connectivity index (χ4n) is 2.97. The van der Waals surface area contributed by atoms with Crippen molar-refractivity contribution in [3.05, 3.63) is 18.2 Å². The van der Waals surface area contributed by atoms with Crippen molar-refractivity contribution in [2.24, 2.45) is 0 Å². The van der Waals surface area contributed by atoms with Gasteiger partial charge in [-0.2, -0.15) is 0 Å². The Morgan fingerprint density at radius 2 is 2.05 bits per heavy atom. The second kappa shape index (κ2) is 6.25. The molecule has 1 fully saturated rings. The molecule has 0 saturated carbocycles. The number of hydrogen-bond donors (Lipinski definition) is 1. The minimum absolute atomic E-state index is 0.0247. The molecule has 6 heteroatoms. The van der Waals surface area contributed by atoms with Gasteiger partial charge in [-0.05, 0) is 31.4 Å². The normalized spacial score (nSPS) is 17.8. The van der Waals surface area contributed by atoms with Crippen LogP contribution in [0.25, 0.3) is 0 Å². The molecule has 6 nitrogen and oxygen atoms in total. The van der Waals surface area contributed by atoms with Crippen LogP contribution in [0, 0.1) is 0 Å². The van der Waals surface area contributed by atoms with Crippen molar-refractivity contribution in [2.45, 2.75) is 19.3 Å². The van der Waals surface area contributed by atoms with Gasteiger partial charge in [-0.1, -0.05) is 0 Å². The van der Waals surface area contributed by atoms with Crippen molar-refractivity contribution in [3.8, 4) is 5.75 Å². The van der Waals surface area contributed by atoms with Gasteiger partial charge in [-0.3, -0.25) is 14.5 Å². The minimum Gasteiger partial charge on any atom is -0.497 e. The molecule has 1 saturated heterocycles. The molecule has 22 heavy (non-hydrogen) atoms. The highest BCUT2D eigenvalue weighted by Gasteiger charge is 2.28. The topological polar surface area (TPSA) is 61.9 Å². The van der Waals surface area contributed by atoms with Crippen molar-refractivity contribution in [2.75, 3.05) is 43.5 Å². The molecule has 0 atom stereocenters. The standard InChI is InChI=1S/C16H21N3O3/c1-22-12-5-6-14-13(9-12)17-10-15(20)19(14)11-16(21)18-7-3-2-4-8-18/h5-6,9,17H,2-4,7-8,10-11H2,1H3. The zero-order valence-corrected chi connectivity index (χ0v) is 12.8. The minimum atomic E-state index is -0.0805.